The van der Waals surface area contributed by atoms with E-state index in [0.717, 1.165) is 0 Å². The molecule has 2 aromatic carbocycles. The van der Waals surface area contributed by atoms with Crippen LogP contribution in [0.5, 0.6) is 5.75 Å². The van der Waals surface area contributed by atoms with Crippen LogP contribution in [0.15, 0.2) is 47.4 Å². The van der Waals surface area contributed by atoms with Crippen LogP contribution in [0.4, 0.5) is 11.4 Å². The molecular formula is C15H14ClN3O4S. The third-order valence-corrected chi connectivity index (χ3v) is 5.15. The first-order valence-electron chi connectivity index (χ1n) is 6.93. The predicted molar refractivity (Wildman–Crippen MR) is 90.8 cm³/mol. The molecule has 0 aromatic heterocycles. The van der Waals surface area contributed by atoms with Crippen molar-refractivity contribution in [2.24, 2.45) is 0 Å². The van der Waals surface area contributed by atoms with E-state index in [0.29, 0.717) is 22.1 Å². The monoisotopic (exact) mass is 367 g/mol. The Balaban J connectivity index is 1.86. The topological polar surface area (TPSA) is 96.5 Å². The molecule has 9 heteroatoms. The number of carbonyl (C=O) groups excluding carboxylic acids is 1. The Labute approximate surface area is 144 Å². The molecule has 1 aliphatic heterocycles. The molecule has 0 saturated carbocycles. The summed E-state index contributed by atoms with van der Waals surface area (Å²) in [6.07, 6.45) is -1.16. The van der Waals surface area contributed by atoms with Crippen LogP contribution in [-0.4, -0.2) is 27.6 Å². The van der Waals surface area contributed by atoms with Crippen LogP contribution in [0.1, 0.15) is 0 Å². The van der Waals surface area contributed by atoms with Gasteiger partial charge < -0.3 is 15.4 Å². The summed E-state index contributed by atoms with van der Waals surface area (Å²) in [5.74, 6) is -0.180. The zero-order valence-corrected chi connectivity index (χ0v) is 14.1. The maximum Gasteiger partial charge on any atom is 0.263 e. The SMILES string of the molecule is COc1ccc(Cl)cc1NC(=O)C1Nc2ccccc2S(=O)(=O)N1. The lowest BCUT2D eigenvalue weighted by Gasteiger charge is -2.27. The van der Waals surface area contributed by atoms with Crippen LogP contribution >= 0.6 is 11.6 Å². The summed E-state index contributed by atoms with van der Waals surface area (Å²) in [4.78, 5) is 12.5. The number of amides is 1. The third kappa shape index (κ3) is 3.16. The minimum Gasteiger partial charge on any atom is -0.495 e. The average Bonchev–Trinajstić information content (AvgIpc) is 2.54. The molecule has 126 valence electrons. The summed E-state index contributed by atoms with van der Waals surface area (Å²) in [5.41, 5.74) is 0.698. The molecule has 7 nitrogen and oxygen atoms in total. The Bertz CT molecular complexity index is 901. The van der Waals surface area contributed by atoms with Crippen molar-refractivity contribution in [2.75, 3.05) is 17.7 Å². The van der Waals surface area contributed by atoms with Gasteiger partial charge in [0, 0.05) is 5.02 Å². The van der Waals surface area contributed by atoms with Gasteiger partial charge in [-0.25, -0.2) is 8.42 Å². The largest absolute Gasteiger partial charge is 0.495 e. The summed E-state index contributed by atoms with van der Waals surface area (Å²) in [5, 5.41) is 5.86. The van der Waals surface area contributed by atoms with Crippen molar-refractivity contribution >= 4 is 38.9 Å². The molecule has 1 aliphatic rings. The van der Waals surface area contributed by atoms with Gasteiger partial charge in [0.1, 0.15) is 10.6 Å². The Morgan fingerprint density at radius 1 is 1.25 bits per heavy atom. The van der Waals surface area contributed by atoms with Crippen LogP contribution in [0.25, 0.3) is 0 Å². The first-order valence-corrected chi connectivity index (χ1v) is 8.79. The fourth-order valence-corrected chi connectivity index (χ4v) is 3.78. The van der Waals surface area contributed by atoms with E-state index in [1.165, 1.54) is 19.2 Å². The van der Waals surface area contributed by atoms with Crippen molar-refractivity contribution in [3.63, 3.8) is 0 Å². The standard InChI is InChI=1S/C15H14ClN3O4S/c1-23-12-7-6-9(16)8-11(12)18-15(20)14-17-10-4-2-3-5-13(10)24(21,22)19-14/h2-8,14,17,19H,1H3,(H,18,20). The zero-order valence-electron chi connectivity index (χ0n) is 12.5. The highest BCUT2D eigenvalue weighted by molar-refractivity contribution is 7.89. The second kappa shape index (κ2) is 6.31. The third-order valence-electron chi connectivity index (χ3n) is 3.43. The smallest absolute Gasteiger partial charge is 0.263 e. The summed E-state index contributed by atoms with van der Waals surface area (Å²) in [6, 6.07) is 11.1. The first-order chi connectivity index (χ1) is 11.4. The van der Waals surface area contributed by atoms with E-state index in [-0.39, 0.29) is 4.90 Å². The van der Waals surface area contributed by atoms with E-state index in [2.05, 4.69) is 15.4 Å². The predicted octanol–water partition coefficient (Wildman–Crippen LogP) is 2.02. The molecule has 0 saturated heterocycles. The van der Waals surface area contributed by atoms with E-state index >= 15 is 0 Å². The molecule has 3 rings (SSSR count). The molecule has 3 N–H and O–H groups in total. The maximum atomic E-state index is 12.4. The minimum atomic E-state index is -3.78. The number of carbonyl (C=O) groups is 1. The summed E-state index contributed by atoms with van der Waals surface area (Å²) >= 11 is 5.92. The number of benzene rings is 2. The van der Waals surface area contributed by atoms with Crippen LogP contribution in [0.2, 0.25) is 5.02 Å². The van der Waals surface area contributed by atoms with E-state index < -0.39 is 22.1 Å². The molecule has 2 aromatic rings. The molecule has 0 aliphatic carbocycles. The van der Waals surface area contributed by atoms with Gasteiger partial charge in [0.05, 0.1) is 18.5 Å². The van der Waals surface area contributed by atoms with Gasteiger partial charge in [-0.05, 0) is 30.3 Å². The van der Waals surface area contributed by atoms with Crippen molar-refractivity contribution in [3.05, 3.63) is 47.5 Å². The van der Waals surface area contributed by atoms with Crippen molar-refractivity contribution in [1.82, 2.24) is 4.72 Å². The second-order valence-electron chi connectivity index (χ2n) is 5.03. The molecule has 0 radical (unpaired) electrons. The lowest BCUT2D eigenvalue weighted by atomic mass is 10.2. The van der Waals surface area contributed by atoms with Crippen molar-refractivity contribution < 1.29 is 17.9 Å². The van der Waals surface area contributed by atoms with Gasteiger partial charge in [-0.2, -0.15) is 4.72 Å². The number of para-hydroxylation sites is 1. The number of hydrogen-bond acceptors (Lipinski definition) is 5. The average molecular weight is 368 g/mol. The molecule has 1 heterocycles. The lowest BCUT2D eigenvalue weighted by molar-refractivity contribution is -0.117. The normalized spacial score (nSPS) is 18.2. The van der Waals surface area contributed by atoms with Crippen LogP contribution in [-0.2, 0) is 14.8 Å². The van der Waals surface area contributed by atoms with Crippen LogP contribution < -0.4 is 20.1 Å². The van der Waals surface area contributed by atoms with Crippen molar-refractivity contribution in [2.45, 2.75) is 11.1 Å². The highest BCUT2D eigenvalue weighted by Crippen LogP contribution is 2.29. The lowest BCUT2D eigenvalue weighted by Crippen LogP contribution is -2.51. The fourth-order valence-electron chi connectivity index (χ4n) is 2.33. The van der Waals surface area contributed by atoms with E-state index in [1.807, 2.05) is 0 Å². The number of halogens is 1. The molecule has 1 unspecified atom stereocenters. The maximum absolute atomic E-state index is 12.4. The number of anilines is 2. The number of nitrogens with one attached hydrogen (secondary N) is 3. The van der Waals surface area contributed by atoms with Gasteiger partial charge >= 0.3 is 0 Å². The Morgan fingerprint density at radius 3 is 2.75 bits per heavy atom. The summed E-state index contributed by atoms with van der Waals surface area (Å²) in [7, 11) is -2.33. The Kier molecular flexibility index (Phi) is 4.35. The molecule has 0 fully saturated rings. The van der Waals surface area contributed by atoms with Gasteiger partial charge in [0.15, 0.2) is 6.17 Å². The molecule has 0 bridgehead atoms. The number of rotatable bonds is 3. The van der Waals surface area contributed by atoms with Gasteiger partial charge in [-0.3, -0.25) is 4.79 Å². The number of sulfonamides is 1. The highest BCUT2D eigenvalue weighted by atomic mass is 35.5. The summed E-state index contributed by atoms with van der Waals surface area (Å²) < 4.78 is 31.9. The second-order valence-corrected chi connectivity index (χ2v) is 7.15. The van der Waals surface area contributed by atoms with Crippen molar-refractivity contribution in [1.29, 1.82) is 0 Å². The van der Waals surface area contributed by atoms with Gasteiger partial charge in [0.2, 0.25) is 10.0 Å². The minimum absolute atomic E-state index is 0.0920. The molecule has 0 spiro atoms. The molecule has 1 atom stereocenters. The van der Waals surface area contributed by atoms with Gasteiger partial charge in [0.25, 0.3) is 5.91 Å². The highest BCUT2D eigenvalue weighted by Gasteiger charge is 2.33. The number of ether oxygens (including phenoxy) is 1. The van der Waals surface area contributed by atoms with E-state index in [9.17, 15) is 13.2 Å². The fraction of sp³-hybridized carbons (Fsp3) is 0.133. The van der Waals surface area contributed by atoms with E-state index in [1.54, 1.807) is 30.3 Å². The molecule has 24 heavy (non-hydrogen) atoms. The Morgan fingerprint density at radius 2 is 2.00 bits per heavy atom. The molecular weight excluding hydrogens is 354 g/mol. The van der Waals surface area contributed by atoms with Crippen molar-refractivity contribution in [3.8, 4) is 5.75 Å². The zero-order chi connectivity index (χ0) is 17.3. The quantitative estimate of drug-likeness (QED) is 0.771. The summed E-state index contributed by atoms with van der Waals surface area (Å²) in [6.45, 7) is 0. The van der Waals surface area contributed by atoms with Gasteiger partial charge in [-0.15, -0.1) is 0 Å². The van der Waals surface area contributed by atoms with Gasteiger partial charge in [-0.1, -0.05) is 23.7 Å². The Hall–Kier alpha value is -2.29. The van der Waals surface area contributed by atoms with E-state index in [4.69, 9.17) is 16.3 Å². The number of methoxy groups -OCH3 is 1. The number of fused-ring (bicyclic) bond motifs is 1. The number of hydrogen-bond donors (Lipinski definition) is 3. The molecule has 1 amide bonds. The van der Waals surface area contributed by atoms with Crippen LogP contribution in [0.3, 0.4) is 0 Å². The first kappa shape index (κ1) is 16.6. The van der Waals surface area contributed by atoms with Crippen LogP contribution in [0, 0.1) is 0 Å².